The van der Waals surface area contributed by atoms with Crippen molar-refractivity contribution in [3.8, 4) is 5.75 Å². The summed E-state index contributed by atoms with van der Waals surface area (Å²) in [6.07, 6.45) is 9.10. The number of carbonyl (C=O) groups excluding carboxylic acids is 1. The summed E-state index contributed by atoms with van der Waals surface area (Å²) in [6.45, 7) is 15.0. The van der Waals surface area contributed by atoms with Gasteiger partial charge < -0.3 is 69.8 Å². The normalized spacial score (nSPS) is 14.6. The Kier molecular flexibility index (Phi) is 36.7. The molecule has 340 valence electrons. The Bertz CT molecular complexity index is 1480. The molecule has 0 unspecified atom stereocenters. The molecule has 6 N–H and O–H groups in total. The number of likely N-dealkylation sites (N-methyl/N-ethyl adjacent to an activating group) is 2. The third-order valence-corrected chi connectivity index (χ3v) is 8.98. The number of para-hydroxylation sites is 1. The van der Waals surface area contributed by atoms with Crippen molar-refractivity contribution in [2.24, 2.45) is 32.5 Å². The van der Waals surface area contributed by atoms with Crippen LogP contribution in [0.2, 0.25) is 0 Å². The minimum absolute atomic E-state index is 0. The van der Waals surface area contributed by atoms with E-state index in [0.717, 1.165) is 54.9 Å². The first-order valence-corrected chi connectivity index (χ1v) is 20.9. The van der Waals surface area contributed by atoms with Crippen LogP contribution in [0.3, 0.4) is 0 Å². The van der Waals surface area contributed by atoms with E-state index in [0.29, 0.717) is 122 Å². The zero-order valence-corrected chi connectivity index (χ0v) is 40.4. The Hall–Kier alpha value is -2.18. The van der Waals surface area contributed by atoms with Crippen molar-refractivity contribution >= 4 is 41.8 Å². The molecule has 1 fully saturated rings. The number of amidine groups is 1. The van der Waals surface area contributed by atoms with Crippen molar-refractivity contribution in [2.45, 2.75) is 38.5 Å². The first-order valence-electron chi connectivity index (χ1n) is 20.9. The van der Waals surface area contributed by atoms with Gasteiger partial charge >= 0.3 is 51.4 Å². The summed E-state index contributed by atoms with van der Waals surface area (Å²) < 4.78 is 42.0. The molecular weight excluding hydrogens is 814 g/mol. The molecular formula is C42H72KN9O9. The SMILES string of the molecule is C=N/C(=C1/C(N)=NC=NN1CC1CCCCC1)c1cc2cccc(OC)c2[nH]1.C[N-]CCOCCOCCOCCNC.NCCOCCOCCOCCOCCC=O.[K+]. The van der Waals surface area contributed by atoms with E-state index in [9.17, 15) is 4.79 Å². The fourth-order valence-corrected chi connectivity index (χ4v) is 5.96. The molecule has 1 saturated carbocycles. The molecule has 61 heavy (non-hydrogen) atoms. The number of carbonyl (C=O) groups is 1. The van der Waals surface area contributed by atoms with Crippen LogP contribution in [0.4, 0.5) is 0 Å². The summed E-state index contributed by atoms with van der Waals surface area (Å²) in [5, 5.41) is 14.4. The molecule has 2 heterocycles. The fourth-order valence-electron chi connectivity index (χ4n) is 5.96. The van der Waals surface area contributed by atoms with Gasteiger partial charge in [-0.3, -0.25) is 10.0 Å². The molecule has 2 aromatic rings. The van der Waals surface area contributed by atoms with Gasteiger partial charge in [-0.2, -0.15) is 12.1 Å². The summed E-state index contributed by atoms with van der Waals surface area (Å²) >= 11 is 0. The number of nitrogens with one attached hydrogen (secondary N) is 2. The molecule has 1 aromatic heterocycles. The molecule has 2 aliphatic rings. The molecule has 0 saturated heterocycles. The monoisotopic (exact) mass is 886 g/mol. The van der Waals surface area contributed by atoms with E-state index in [1.54, 1.807) is 14.2 Å². The molecule has 1 aromatic carbocycles. The maximum atomic E-state index is 9.96. The summed E-state index contributed by atoms with van der Waals surface area (Å²) in [7, 11) is 5.34. The van der Waals surface area contributed by atoms with Gasteiger partial charge in [-0.25, -0.2) is 4.99 Å². The number of aliphatic imine (C=N–C) groups is 2. The predicted molar refractivity (Wildman–Crippen MR) is 238 cm³/mol. The van der Waals surface area contributed by atoms with Gasteiger partial charge in [-0.15, -0.1) is 6.54 Å². The van der Waals surface area contributed by atoms with Crippen LogP contribution in [0.1, 0.15) is 44.2 Å². The molecule has 19 heteroatoms. The number of H-pyrrole nitrogens is 1. The number of fused-ring (bicyclic) bond motifs is 1. The number of aromatic amines is 1. The number of nitrogens with two attached hydrogens (primary N) is 2. The quantitative estimate of drug-likeness (QED) is 0.0353. The van der Waals surface area contributed by atoms with E-state index in [1.165, 1.54) is 38.4 Å². The number of rotatable bonds is 31. The van der Waals surface area contributed by atoms with E-state index < -0.39 is 0 Å². The standard InChI is InChI=1S/C21H26N6O.C11H23NO5.C10H23N2O3.K/c1-23-19(16-11-15-9-6-10-17(28-2)18(15)26-16)20-21(22)24-13-25-27(20)12-14-7-4-3-5-8-14;12-2-5-15-7-9-17-11-10-16-8-6-14-4-1-3-13;1-11-3-5-13-7-9-15-10-8-14-6-4-12-2;/h6,9-11,13-14,26H,1,3-5,7-8,12H2,2H3,(H2,22,24,25);3H,1-2,4-12H2;11H,3-10H2,1-2H3;/q;;-1;+1/b20-19-;;;. The Morgan fingerprint density at radius 1 is 0.918 bits per heavy atom. The van der Waals surface area contributed by atoms with Crippen molar-refractivity contribution in [1.82, 2.24) is 15.3 Å². The van der Waals surface area contributed by atoms with Crippen LogP contribution in [0.25, 0.3) is 21.9 Å². The second-order valence-corrected chi connectivity index (χ2v) is 13.5. The maximum absolute atomic E-state index is 9.96. The van der Waals surface area contributed by atoms with Gasteiger partial charge in [0.15, 0.2) is 5.84 Å². The van der Waals surface area contributed by atoms with Crippen molar-refractivity contribution < 1.29 is 94.1 Å². The number of hydrazone groups is 1. The minimum atomic E-state index is 0. The minimum Gasteiger partial charge on any atom is -0.663 e. The second-order valence-electron chi connectivity index (χ2n) is 13.5. The predicted octanol–water partition coefficient (Wildman–Crippen LogP) is 0.606. The smallest absolute Gasteiger partial charge is 0.663 e. The van der Waals surface area contributed by atoms with Gasteiger partial charge in [-0.05, 0) is 44.7 Å². The van der Waals surface area contributed by atoms with Crippen LogP contribution in [0, 0.1) is 5.92 Å². The van der Waals surface area contributed by atoms with Crippen LogP contribution in [-0.4, -0.2) is 175 Å². The topological polar surface area (TPSA) is 225 Å². The van der Waals surface area contributed by atoms with Crippen molar-refractivity contribution in [3.63, 3.8) is 0 Å². The number of aromatic nitrogens is 1. The zero-order chi connectivity index (χ0) is 43.3. The number of benzene rings is 1. The van der Waals surface area contributed by atoms with Crippen molar-refractivity contribution in [1.29, 1.82) is 0 Å². The number of aldehydes is 1. The number of hydrogen-bond acceptors (Lipinski definition) is 16. The molecule has 0 atom stereocenters. The number of methoxy groups -OCH3 is 1. The van der Waals surface area contributed by atoms with Gasteiger partial charge in [0.2, 0.25) is 0 Å². The van der Waals surface area contributed by atoms with E-state index in [4.69, 9.17) is 49.4 Å². The molecule has 0 bridgehead atoms. The number of hydrogen-bond donors (Lipinski definition) is 4. The first-order chi connectivity index (χ1) is 29.5. The largest absolute Gasteiger partial charge is 1.00 e. The van der Waals surface area contributed by atoms with E-state index >= 15 is 0 Å². The molecule has 4 rings (SSSR count). The third-order valence-electron chi connectivity index (χ3n) is 8.98. The Labute approximate surface area is 405 Å². The summed E-state index contributed by atoms with van der Waals surface area (Å²) in [6, 6.07) is 7.94. The van der Waals surface area contributed by atoms with Gasteiger partial charge in [0, 0.05) is 38.0 Å². The van der Waals surface area contributed by atoms with Crippen LogP contribution in [0.5, 0.6) is 5.75 Å². The number of ether oxygens (including phenoxy) is 8. The van der Waals surface area contributed by atoms with Crippen LogP contribution in [-0.2, 0) is 38.0 Å². The average molecular weight is 886 g/mol. The molecule has 0 amide bonds. The maximum Gasteiger partial charge on any atom is 1.00 e. The number of nitrogens with zero attached hydrogens (tertiary/aromatic N) is 5. The summed E-state index contributed by atoms with van der Waals surface area (Å²) in [4.78, 5) is 21.9. The Morgan fingerprint density at radius 2 is 1.51 bits per heavy atom. The van der Waals surface area contributed by atoms with Crippen molar-refractivity contribution in [3.05, 3.63) is 41.0 Å². The summed E-state index contributed by atoms with van der Waals surface area (Å²) in [5.41, 5.74) is 14.6. The van der Waals surface area contributed by atoms with Crippen LogP contribution < -0.4 is 72.9 Å². The van der Waals surface area contributed by atoms with Gasteiger partial charge in [0.1, 0.15) is 29.8 Å². The zero-order valence-electron chi connectivity index (χ0n) is 37.3. The molecule has 18 nitrogen and oxygen atoms in total. The van der Waals surface area contributed by atoms with E-state index in [1.807, 2.05) is 36.3 Å². The van der Waals surface area contributed by atoms with E-state index in [-0.39, 0.29) is 51.4 Å². The first kappa shape index (κ1) is 56.8. The van der Waals surface area contributed by atoms with Gasteiger partial charge in [0.05, 0.1) is 104 Å². The Balaban J connectivity index is 0.000000490. The van der Waals surface area contributed by atoms with E-state index in [2.05, 4.69) is 37.4 Å². The molecule has 0 spiro atoms. The van der Waals surface area contributed by atoms with Crippen LogP contribution in [0.15, 0.2) is 45.0 Å². The Morgan fingerprint density at radius 3 is 2.07 bits per heavy atom. The van der Waals surface area contributed by atoms with Gasteiger partial charge in [0.25, 0.3) is 0 Å². The van der Waals surface area contributed by atoms with Gasteiger partial charge in [-0.1, -0.05) is 31.4 Å². The molecule has 0 radical (unpaired) electrons. The van der Waals surface area contributed by atoms with Crippen LogP contribution >= 0.6 is 0 Å². The summed E-state index contributed by atoms with van der Waals surface area (Å²) in [5.74, 6) is 1.78. The molecule has 1 aliphatic carbocycles. The van der Waals surface area contributed by atoms with Crippen molar-refractivity contribution in [2.75, 3.05) is 140 Å². The average Bonchev–Trinajstić information content (AvgIpc) is 3.71. The molecule has 1 aliphatic heterocycles. The third kappa shape index (κ3) is 25.6. The second kappa shape index (κ2) is 39.4. The fraction of sp³-hybridized carbons (Fsp3) is 0.667.